The summed E-state index contributed by atoms with van der Waals surface area (Å²) in [6, 6.07) is 19.4. The fraction of sp³-hybridized carbons (Fsp3) is 0.375. The molecule has 0 saturated carbocycles. The van der Waals surface area contributed by atoms with Crippen molar-refractivity contribution in [3.05, 3.63) is 82.6 Å². The Morgan fingerprint density at radius 1 is 1.12 bits per heavy atom. The first-order chi connectivity index (χ1) is 19.8. The van der Waals surface area contributed by atoms with Crippen LogP contribution < -0.4 is 9.64 Å². The summed E-state index contributed by atoms with van der Waals surface area (Å²) in [6.07, 6.45) is 3.12. The number of carbonyl (C=O) groups is 1. The number of carboxylic acid groups (broad SMARTS) is 1. The van der Waals surface area contributed by atoms with Crippen LogP contribution in [0, 0.1) is 6.92 Å². The van der Waals surface area contributed by atoms with E-state index in [9.17, 15) is 9.90 Å². The molecule has 6 rings (SSSR count). The Balaban J connectivity index is 1.10. The second kappa shape index (κ2) is 11.7. The van der Waals surface area contributed by atoms with E-state index in [4.69, 9.17) is 26.1 Å². The lowest BCUT2D eigenvalue weighted by Gasteiger charge is -2.33. The van der Waals surface area contributed by atoms with Crippen LogP contribution in [-0.4, -0.2) is 64.5 Å². The van der Waals surface area contributed by atoms with Crippen LogP contribution in [0.3, 0.4) is 0 Å². The Kier molecular flexibility index (Phi) is 7.88. The lowest BCUT2D eigenvalue weighted by Crippen LogP contribution is -2.39. The predicted octanol–water partition coefficient (Wildman–Crippen LogP) is 6.30. The number of halogens is 1. The van der Waals surface area contributed by atoms with E-state index in [-0.39, 0.29) is 17.8 Å². The van der Waals surface area contributed by atoms with Crippen molar-refractivity contribution in [3.63, 3.8) is 0 Å². The third-order valence-corrected chi connectivity index (χ3v) is 8.43. The number of hydrogen-bond donors (Lipinski definition) is 1. The molecule has 3 aromatic carbocycles. The van der Waals surface area contributed by atoms with Gasteiger partial charge in [-0.1, -0.05) is 23.7 Å². The topological polar surface area (TPSA) is 80.1 Å². The second-order valence-electron chi connectivity index (χ2n) is 11.0. The predicted molar refractivity (Wildman–Crippen MR) is 161 cm³/mol. The Labute approximate surface area is 245 Å². The number of aryl methyl sites for hydroxylation is 1. The molecule has 0 amide bonds. The maximum atomic E-state index is 11.6. The fourth-order valence-electron chi connectivity index (χ4n) is 5.63. The average molecular weight is 575 g/mol. The molecule has 214 valence electrons. The summed E-state index contributed by atoms with van der Waals surface area (Å²) in [6.45, 7) is 5.99. The normalized spacial score (nSPS) is 17.9. The molecular weight excluding hydrogens is 540 g/mol. The number of aromatic nitrogens is 2. The van der Waals surface area contributed by atoms with Gasteiger partial charge >= 0.3 is 5.97 Å². The number of fused-ring (bicyclic) bond motifs is 1. The number of aromatic carboxylic acids is 1. The third-order valence-electron chi connectivity index (χ3n) is 8.13. The van der Waals surface area contributed by atoms with Crippen LogP contribution in [0.4, 0.5) is 11.4 Å². The van der Waals surface area contributed by atoms with Crippen LogP contribution >= 0.6 is 11.6 Å². The number of hydrogen-bond acceptors (Lipinski definition) is 6. The van der Waals surface area contributed by atoms with Gasteiger partial charge in [-0.2, -0.15) is 0 Å². The first-order valence-corrected chi connectivity index (χ1v) is 14.5. The molecule has 0 spiro atoms. The van der Waals surface area contributed by atoms with Crippen molar-refractivity contribution in [1.29, 1.82) is 0 Å². The molecule has 0 aliphatic carbocycles. The van der Waals surface area contributed by atoms with E-state index in [0.717, 1.165) is 83.5 Å². The molecule has 1 unspecified atom stereocenters. The fourth-order valence-corrected chi connectivity index (χ4v) is 5.99. The first-order valence-electron chi connectivity index (χ1n) is 14.2. The van der Waals surface area contributed by atoms with E-state index >= 15 is 0 Å². The van der Waals surface area contributed by atoms with Crippen LogP contribution in [0.5, 0.6) is 5.75 Å². The maximum absolute atomic E-state index is 11.6. The van der Waals surface area contributed by atoms with Gasteiger partial charge < -0.3 is 24.0 Å². The standard InChI is InChI=1S/C32H35ClN4O4/c1-21-6-9-29(27(33)16-21)35(2)23-4-3-5-25(18-23)41-24-10-13-36(14-11-24)20-31-34-28-8-7-22(32(38)39)17-30(28)37(31)19-26-12-15-40-26/h3-9,16-18,24,26H,10-15,19-20H2,1-2H3,(H,38,39). The van der Waals surface area contributed by atoms with E-state index < -0.39 is 5.97 Å². The molecule has 41 heavy (non-hydrogen) atoms. The van der Waals surface area contributed by atoms with Gasteiger partial charge in [0, 0.05) is 38.5 Å². The number of carboxylic acids is 1. The quantitative estimate of drug-likeness (QED) is 0.251. The van der Waals surface area contributed by atoms with Crippen LogP contribution in [0.2, 0.25) is 5.02 Å². The van der Waals surface area contributed by atoms with Gasteiger partial charge in [-0.25, -0.2) is 9.78 Å². The highest BCUT2D eigenvalue weighted by atomic mass is 35.5. The molecule has 4 aromatic rings. The van der Waals surface area contributed by atoms with Gasteiger partial charge in [-0.3, -0.25) is 4.90 Å². The summed E-state index contributed by atoms with van der Waals surface area (Å²) < 4.78 is 14.3. The number of anilines is 2. The largest absolute Gasteiger partial charge is 0.490 e. The molecule has 1 aromatic heterocycles. The molecule has 9 heteroatoms. The number of rotatable bonds is 9. The van der Waals surface area contributed by atoms with E-state index in [1.165, 1.54) is 0 Å². The Morgan fingerprint density at radius 3 is 2.63 bits per heavy atom. The summed E-state index contributed by atoms with van der Waals surface area (Å²) in [5.41, 5.74) is 5.05. The summed E-state index contributed by atoms with van der Waals surface area (Å²) in [4.78, 5) is 21.0. The van der Waals surface area contributed by atoms with E-state index in [2.05, 4.69) is 32.6 Å². The summed E-state index contributed by atoms with van der Waals surface area (Å²) in [5.74, 6) is 0.870. The Bertz CT molecular complexity index is 1560. The number of imidazole rings is 1. The van der Waals surface area contributed by atoms with Crippen LogP contribution in [0.1, 0.15) is 41.0 Å². The van der Waals surface area contributed by atoms with Crippen LogP contribution in [0.25, 0.3) is 11.0 Å². The van der Waals surface area contributed by atoms with Gasteiger partial charge in [0.15, 0.2) is 0 Å². The minimum absolute atomic E-state index is 0.134. The molecule has 2 saturated heterocycles. The van der Waals surface area contributed by atoms with Crippen molar-refractivity contribution < 1.29 is 19.4 Å². The molecule has 2 fully saturated rings. The SMILES string of the molecule is Cc1ccc(N(C)c2cccc(OC3CCN(Cc4nc5ccc(C(=O)O)cc5n4CC4CCO4)CC3)c2)c(Cl)c1. The zero-order chi connectivity index (χ0) is 28.5. The molecule has 1 N–H and O–H groups in total. The minimum Gasteiger partial charge on any atom is -0.490 e. The zero-order valence-corrected chi connectivity index (χ0v) is 24.2. The van der Waals surface area contributed by atoms with Gasteiger partial charge in [0.25, 0.3) is 0 Å². The van der Waals surface area contributed by atoms with Gasteiger partial charge in [-0.05, 0) is 74.2 Å². The Hall–Kier alpha value is -3.59. The highest BCUT2D eigenvalue weighted by Gasteiger charge is 2.26. The number of benzene rings is 3. The maximum Gasteiger partial charge on any atom is 0.335 e. The first kappa shape index (κ1) is 27.6. The van der Waals surface area contributed by atoms with Crippen molar-refractivity contribution >= 4 is 40.0 Å². The van der Waals surface area contributed by atoms with Crippen LogP contribution in [0.15, 0.2) is 60.7 Å². The van der Waals surface area contributed by atoms with Crippen molar-refractivity contribution in [2.45, 2.75) is 51.5 Å². The van der Waals surface area contributed by atoms with Crippen molar-refractivity contribution in [3.8, 4) is 5.75 Å². The average Bonchev–Trinajstić information content (AvgIpc) is 3.27. The van der Waals surface area contributed by atoms with Crippen LogP contribution in [-0.2, 0) is 17.8 Å². The summed E-state index contributed by atoms with van der Waals surface area (Å²) in [5, 5.41) is 10.2. The van der Waals surface area contributed by atoms with E-state index in [0.29, 0.717) is 13.1 Å². The molecule has 8 nitrogen and oxygen atoms in total. The number of nitrogens with zero attached hydrogens (tertiary/aromatic N) is 4. The summed E-state index contributed by atoms with van der Waals surface area (Å²) >= 11 is 6.52. The molecule has 2 aliphatic rings. The van der Waals surface area contributed by atoms with Crippen molar-refractivity contribution in [2.24, 2.45) is 0 Å². The van der Waals surface area contributed by atoms with Gasteiger partial charge in [-0.15, -0.1) is 0 Å². The van der Waals surface area contributed by atoms with Gasteiger partial charge in [0.2, 0.25) is 0 Å². The number of piperidine rings is 1. The smallest absolute Gasteiger partial charge is 0.335 e. The lowest BCUT2D eigenvalue weighted by atomic mass is 10.1. The molecule has 2 aliphatic heterocycles. The minimum atomic E-state index is -0.931. The van der Waals surface area contributed by atoms with Crippen molar-refractivity contribution in [1.82, 2.24) is 14.5 Å². The number of ether oxygens (including phenoxy) is 2. The molecule has 0 radical (unpaired) electrons. The van der Waals surface area contributed by atoms with Gasteiger partial charge in [0.05, 0.1) is 46.5 Å². The highest BCUT2D eigenvalue weighted by molar-refractivity contribution is 6.33. The Morgan fingerprint density at radius 2 is 1.93 bits per heavy atom. The second-order valence-corrected chi connectivity index (χ2v) is 11.4. The lowest BCUT2D eigenvalue weighted by molar-refractivity contribution is -0.0592. The monoisotopic (exact) mass is 574 g/mol. The van der Waals surface area contributed by atoms with E-state index in [1.807, 2.05) is 38.2 Å². The summed E-state index contributed by atoms with van der Waals surface area (Å²) in [7, 11) is 2.01. The molecule has 0 bridgehead atoms. The molecule has 3 heterocycles. The zero-order valence-electron chi connectivity index (χ0n) is 23.4. The highest BCUT2D eigenvalue weighted by Crippen LogP contribution is 2.33. The van der Waals surface area contributed by atoms with Gasteiger partial charge in [0.1, 0.15) is 17.7 Å². The third kappa shape index (κ3) is 6.05. The van der Waals surface area contributed by atoms with Crippen molar-refractivity contribution in [2.75, 3.05) is 31.6 Å². The van der Waals surface area contributed by atoms with E-state index in [1.54, 1.807) is 18.2 Å². The molecule has 1 atom stereocenters. The molecular formula is C32H35ClN4O4. The number of likely N-dealkylation sites (tertiary alicyclic amines) is 1.